The van der Waals surface area contributed by atoms with Gasteiger partial charge in [0.1, 0.15) is 0 Å². The molecule has 1 atom stereocenters. The Hall–Kier alpha value is -0.370. The van der Waals surface area contributed by atoms with Gasteiger partial charge in [-0.3, -0.25) is 4.79 Å². The standard InChI is InChI=1S/C9H17NO/c1-7(2)9(11)8-5-3-4-6-10-8/h7-8,10H,3-6H2,1-2H3. The Bertz CT molecular complexity index is 136. The molecule has 0 amide bonds. The molecule has 0 bridgehead atoms. The molecule has 1 heterocycles. The molecule has 1 saturated heterocycles. The third-order valence-electron chi connectivity index (χ3n) is 2.22. The van der Waals surface area contributed by atoms with E-state index in [0.717, 1.165) is 13.0 Å². The number of Topliss-reactive ketones (excluding diaryl/α,β-unsaturated/α-hetero) is 1. The second-order valence-corrected chi connectivity index (χ2v) is 3.56. The fourth-order valence-electron chi connectivity index (χ4n) is 1.50. The Balaban J connectivity index is 2.39. The van der Waals surface area contributed by atoms with Crippen molar-refractivity contribution in [2.75, 3.05) is 6.54 Å². The zero-order chi connectivity index (χ0) is 8.27. The lowest BCUT2D eigenvalue weighted by molar-refractivity contribution is -0.124. The van der Waals surface area contributed by atoms with E-state index >= 15 is 0 Å². The number of rotatable bonds is 2. The van der Waals surface area contributed by atoms with Crippen LogP contribution in [0.3, 0.4) is 0 Å². The molecule has 0 aliphatic carbocycles. The fourth-order valence-corrected chi connectivity index (χ4v) is 1.50. The number of carbonyl (C=O) groups is 1. The minimum absolute atomic E-state index is 0.156. The molecule has 2 heteroatoms. The van der Waals surface area contributed by atoms with Crippen LogP contribution in [0.5, 0.6) is 0 Å². The second-order valence-electron chi connectivity index (χ2n) is 3.56. The van der Waals surface area contributed by atoms with Crippen LogP contribution >= 0.6 is 0 Å². The monoisotopic (exact) mass is 155 g/mol. The van der Waals surface area contributed by atoms with Crippen molar-refractivity contribution in [3.63, 3.8) is 0 Å². The Morgan fingerprint density at radius 2 is 2.18 bits per heavy atom. The number of hydrogen-bond donors (Lipinski definition) is 1. The summed E-state index contributed by atoms with van der Waals surface area (Å²) in [7, 11) is 0. The second kappa shape index (κ2) is 3.86. The summed E-state index contributed by atoms with van der Waals surface area (Å²) in [6.07, 6.45) is 3.47. The number of piperidine rings is 1. The maximum Gasteiger partial charge on any atom is 0.152 e. The van der Waals surface area contributed by atoms with E-state index in [0.29, 0.717) is 5.78 Å². The highest BCUT2D eigenvalue weighted by molar-refractivity contribution is 5.85. The number of ketones is 1. The third kappa shape index (κ3) is 2.29. The molecule has 1 unspecified atom stereocenters. The molecule has 1 aliphatic heterocycles. The van der Waals surface area contributed by atoms with E-state index in [1.807, 2.05) is 13.8 Å². The highest BCUT2D eigenvalue weighted by atomic mass is 16.1. The fraction of sp³-hybridized carbons (Fsp3) is 0.889. The molecule has 11 heavy (non-hydrogen) atoms. The summed E-state index contributed by atoms with van der Waals surface area (Å²) < 4.78 is 0. The normalized spacial score (nSPS) is 25.5. The van der Waals surface area contributed by atoms with Crippen molar-refractivity contribution in [3.05, 3.63) is 0 Å². The summed E-state index contributed by atoms with van der Waals surface area (Å²) in [5.74, 6) is 0.565. The van der Waals surface area contributed by atoms with Gasteiger partial charge in [0.2, 0.25) is 0 Å². The lowest BCUT2D eigenvalue weighted by atomic mass is 9.95. The molecule has 0 radical (unpaired) electrons. The van der Waals surface area contributed by atoms with Crippen LogP contribution in [0.2, 0.25) is 0 Å². The maximum atomic E-state index is 11.4. The maximum absolute atomic E-state index is 11.4. The topological polar surface area (TPSA) is 29.1 Å². The Kier molecular flexibility index (Phi) is 3.06. The average Bonchev–Trinajstić information content (AvgIpc) is 2.05. The SMILES string of the molecule is CC(C)C(=O)C1CCCCN1. The third-order valence-corrected chi connectivity index (χ3v) is 2.22. The van der Waals surface area contributed by atoms with Crippen LogP contribution in [0.4, 0.5) is 0 Å². The van der Waals surface area contributed by atoms with Crippen LogP contribution in [-0.4, -0.2) is 18.4 Å². The van der Waals surface area contributed by atoms with Crippen LogP contribution in [0.15, 0.2) is 0 Å². The lowest BCUT2D eigenvalue weighted by Gasteiger charge is -2.23. The van der Waals surface area contributed by atoms with Crippen LogP contribution in [0, 0.1) is 5.92 Å². The summed E-state index contributed by atoms with van der Waals surface area (Å²) in [6.45, 7) is 4.96. The van der Waals surface area contributed by atoms with Gasteiger partial charge >= 0.3 is 0 Å². The predicted octanol–water partition coefficient (Wildman–Crippen LogP) is 1.35. The van der Waals surface area contributed by atoms with E-state index in [4.69, 9.17) is 0 Å². The van der Waals surface area contributed by atoms with E-state index in [1.165, 1.54) is 12.8 Å². The van der Waals surface area contributed by atoms with Crippen LogP contribution in [0.25, 0.3) is 0 Å². The molecule has 1 fully saturated rings. The quantitative estimate of drug-likeness (QED) is 0.652. The lowest BCUT2D eigenvalue weighted by Crippen LogP contribution is -2.42. The molecule has 0 spiro atoms. The first-order valence-electron chi connectivity index (χ1n) is 4.49. The smallest absolute Gasteiger partial charge is 0.152 e. The van der Waals surface area contributed by atoms with Crippen molar-refractivity contribution in [3.8, 4) is 0 Å². The first kappa shape index (κ1) is 8.72. The molecule has 1 N–H and O–H groups in total. The molecule has 1 rings (SSSR count). The van der Waals surface area contributed by atoms with Crippen molar-refractivity contribution in [1.29, 1.82) is 0 Å². The molecule has 64 valence electrons. The highest BCUT2D eigenvalue weighted by Crippen LogP contribution is 2.11. The van der Waals surface area contributed by atoms with E-state index in [1.54, 1.807) is 0 Å². The first-order valence-corrected chi connectivity index (χ1v) is 4.49. The summed E-state index contributed by atoms with van der Waals surface area (Å²) in [6, 6.07) is 0.156. The molecule has 0 aromatic heterocycles. The van der Waals surface area contributed by atoms with Gasteiger partial charge in [-0.05, 0) is 19.4 Å². The van der Waals surface area contributed by atoms with Crippen molar-refractivity contribution >= 4 is 5.78 Å². The summed E-state index contributed by atoms with van der Waals surface area (Å²) >= 11 is 0. The van der Waals surface area contributed by atoms with Gasteiger partial charge < -0.3 is 5.32 Å². The summed E-state index contributed by atoms with van der Waals surface area (Å²) in [5.41, 5.74) is 0. The van der Waals surface area contributed by atoms with Gasteiger partial charge in [0.15, 0.2) is 5.78 Å². The van der Waals surface area contributed by atoms with Gasteiger partial charge in [-0.25, -0.2) is 0 Å². The van der Waals surface area contributed by atoms with E-state index in [2.05, 4.69) is 5.32 Å². The van der Waals surface area contributed by atoms with Crippen LogP contribution in [-0.2, 0) is 4.79 Å². The molecular formula is C9H17NO. The van der Waals surface area contributed by atoms with E-state index in [9.17, 15) is 4.79 Å². The Morgan fingerprint density at radius 3 is 2.64 bits per heavy atom. The Morgan fingerprint density at radius 1 is 1.45 bits per heavy atom. The van der Waals surface area contributed by atoms with Crippen molar-refractivity contribution in [1.82, 2.24) is 5.32 Å². The molecule has 2 nitrogen and oxygen atoms in total. The van der Waals surface area contributed by atoms with E-state index < -0.39 is 0 Å². The van der Waals surface area contributed by atoms with Crippen molar-refractivity contribution in [2.45, 2.75) is 39.2 Å². The molecule has 0 saturated carbocycles. The van der Waals surface area contributed by atoms with Gasteiger partial charge in [0.05, 0.1) is 6.04 Å². The van der Waals surface area contributed by atoms with Gasteiger partial charge in [-0.15, -0.1) is 0 Å². The molecular weight excluding hydrogens is 138 g/mol. The predicted molar refractivity (Wildman–Crippen MR) is 45.5 cm³/mol. The summed E-state index contributed by atoms with van der Waals surface area (Å²) in [4.78, 5) is 11.4. The first-order chi connectivity index (χ1) is 5.22. The van der Waals surface area contributed by atoms with Gasteiger partial charge in [0.25, 0.3) is 0 Å². The number of nitrogens with one attached hydrogen (secondary N) is 1. The van der Waals surface area contributed by atoms with Crippen molar-refractivity contribution in [2.24, 2.45) is 5.92 Å². The Labute approximate surface area is 68.4 Å². The zero-order valence-corrected chi connectivity index (χ0v) is 7.39. The van der Waals surface area contributed by atoms with Gasteiger partial charge in [0, 0.05) is 5.92 Å². The largest absolute Gasteiger partial charge is 0.307 e. The summed E-state index contributed by atoms with van der Waals surface area (Å²) in [5, 5.41) is 3.25. The average molecular weight is 155 g/mol. The van der Waals surface area contributed by atoms with Crippen LogP contribution < -0.4 is 5.32 Å². The number of carbonyl (C=O) groups excluding carboxylic acids is 1. The van der Waals surface area contributed by atoms with Crippen molar-refractivity contribution < 1.29 is 4.79 Å². The molecule has 0 aromatic rings. The van der Waals surface area contributed by atoms with Crippen LogP contribution in [0.1, 0.15) is 33.1 Å². The van der Waals surface area contributed by atoms with E-state index in [-0.39, 0.29) is 12.0 Å². The highest BCUT2D eigenvalue weighted by Gasteiger charge is 2.21. The van der Waals surface area contributed by atoms with Gasteiger partial charge in [-0.1, -0.05) is 20.3 Å². The number of hydrogen-bond acceptors (Lipinski definition) is 2. The molecule has 1 aliphatic rings. The van der Waals surface area contributed by atoms with Gasteiger partial charge in [-0.2, -0.15) is 0 Å². The zero-order valence-electron chi connectivity index (χ0n) is 7.39. The minimum Gasteiger partial charge on any atom is -0.307 e. The molecule has 0 aromatic carbocycles. The minimum atomic E-state index is 0.156.